The van der Waals surface area contributed by atoms with Crippen LogP contribution >= 0.6 is 0 Å². The normalized spacial score (nSPS) is 12.6. The minimum absolute atomic E-state index is 0.289. The molecule has 0 aliphatic rings. The summed E-state index contributed by atoms with van der Waals surface area (Å²) in [4.78, 5) is 0. The zero-order chi connectivity index (χ0) is 11.4. The van der Waals surface area contributed by atoms with Gasteiger partial charge in [-0.1, -0.05) is 17.7 Å². The summed E-state index contributed by atoms with van der Waals surface area (Å²) in [5.74, 6) is 0. The quantitative estimate of drug-likeness (QED) is 0.700. The highest BCUT2D eigenvalue weighted by molar-refractivity contribution is 5.58. The first-order valence-electron chi connectivity index (χ1n) is 5.24. The van der Waals surface area contributed by atoms with Crippen LogP contribution in [0, 0.1) is 20.8 Å². The standard InChI is InChI=1S/C12H20N2O/c1-8-4-9(2)12(10(3)5-8)14-7-11(15)6-13/h4-5,11,14-15H,6-7,13H2,1-3H3. The van der Waals surface area contributed by atoms with E-state index < -0.39 is 6.10 Å². The average molecular weight is 208 g/mol. The maximum Gasteiger partial charge on any atom is 0.0834 e. The lowest BCUT2D eigenvalue weighted by Gasteiger charge is -2.15. The summed E-state index contributed by atoms with van der Waals surface area (Å²) in [6, 6.07) is 4.26. The van der Waals surface area contributed by atoms with Crippen LogP contribution in [0.25, 0.3) is 0 Å². The molecule has 1 rings (SSSR count). The van der Waals surface area contributed by atoms with E-state index in [0.29, 0.717) is 6.54 Å². The van der Waals surface area contributed by atoms with Gasteiger partial charge in [-0.3, -0.25) is 0 Å². The second-order valence-corrected chi connectivity index (χ2v) is 4.04. The van der Waals surface area contributed by atoms with Crippen LogP contribution in [0.4, 0.5) is 5.69 Å². The minimum atomic E-state index is -0.481. The second kappa shape index (κ2) is 5.14. The van der Waals surface area contributed by atoms with Crippen LogP contribution in [0.5, 0.6) is 0 Å². The largest absolute Gasteiger partial charge is 0.390 e. The van der Waals surface area contributed by atoms with Crippen LogP contribution in [0.1, 0.15) is 16.7 Å². The Hall–Kier alpha value is -1.06. The molecule has 3 heteroatoms. The van der Waals surface area contributed by atoms with Crippen molar-refractivity contribution in [2.45, 2.75) is 26.9 Å². The molecule has 1 aromatic rings. The van der Waals surface area contributed by atoms with E-state index in [1.807, 2.05) is 0 Å². The van der Waals surface area contributed by atoms with E-state index in [4.69, 9.17) is 5.73 Å². The molecule has 0 bridgehead atoms. The van der Waals surface area contributed by atoms with Crippen LogP contribution in [-0.2, 0) is 0 Å². The van der Waals surface area contributed by atoms with Gasteiger partial charge < -0.3 is 16.2 Å². The van der Waals surface area contributed by atoms with E-state index in [1.54, 1.807) is 0 Å². The number of benzene rings is 1. The molecule has 0 aliphatic carbocycles. The van der Waals surface area contributed by atoms with Crippen molar-refractivity contribution in [2.75, 3.05) is 18.4 Å². The molecule has 0 heterocycles. The molecule has 0 saturated heterocycles. The fraction of sp³-hybridized carbons (Fsp3) is 0.500. The predicted octanol–water partition coefficient (Wildman–Crippen LogP) is 1.34. The maximum absolute atomic E-state index is 9.37. The Bertz CT molecular complexity index is 313. The van der Waals surface area contributed by atoms with Gasteiger partial charge in [0.2, 0.25) is 0 Å². The number of anilines is 1. The number of aryl methyl sites for hydroxylation is 3. The van der Waals surface area contributed by atoms with Gasteiger partial charge in [0, 0.05) is 18.8 Å². The lowest BCUT2D eigenvalue weighted by Crippen LogP contribution is -2.28. The molecule has 0 amide bonds. The molecule has 4 N–H and O–H groups in total. The van der Waals surface area contributed by atoms with Crippen molar-refractivity contribution in [1.29, 1.82) is 0 Å². The number of nitrogens with two attached hydrogens (primary N) is 1. The monoisotopic (exact) mass is 208 g/mol. The molecule has 1 aromatic carbocycles. The summed E-state index contributed by atoms with van der Waals surface area (Å²) in [5.41, 5.74) is 10.1. The summed E-state index contributed by atoms with van der Waals surface area (Å²) in [6.07, 6.45) is -0.481. The van der Waals surface area contributed by atoms with Gasteiger partial charge in [-0.25, -0.2) is 0 Å². The molecule has 0 spiro atoms. The fourth-order valence-corrected chi connectivity index (χ4v) is 1.76. The molecular formula is C12H20N2O. The Morgan fingerprint density at radius 3 is 2.27 bits per heavy atom. The van der Waals surface area contributed by atoms with Gasteiger partial charge in [-0.05, 0) is 31.9 Å². The molecule has 3 nitrogen and oxygen atoms in total. The summed E-state index contributed by atoms with van der Waals surface area (Å²) in [6.45, 7) is 7.00. The molecule has 0 aromatic heterocycles. The smallest absolute Gasteiger partial charge is 0.0834 e. The van der Waals surface area contributed by atoms with E-state index in [9.17, 15) is 5.11 Å². The highest BCUT2D eigenvalue weighted by atomic mass is 16.3. The van der Waals surface area contributed by atoms with Crippen molar-refractivity contribution >= 4 is 5.69 Å². The Morgan fingerprint density at radius 2 is 1.80 bits per heavy atom. The molecule has 0 radical (unpaired) electrons. The molecule has 15 heavy (non-hydrogen) atoms. The number of hydrogen-bond donors (Lipinski definition) is 3. The number of aliphatic hydroxyl groups excluding tert-OH is 1. The first-order valence-corrected chi connectivity index (χ1v) is 5.24. The van der Waals surface area contributed by atoms with Crippen molar-refractivity contribution in [2.24, 2.45) is 5.73 Å². The third-order valence-electron chi connectivity index (χ3n) is 2.46. The van der Waals surface area contributed by atoms with Crippen LogP contribution in [0.15, 0.2) is 12.1 Å². The van der Waals surface area contributed by atoms with Gasteiger partial charge in [-0.2, -0.15) is 0 Å². The van der Waals surface area contributed by atoms with Gasteiger partial charge in [-0.15, -0.1) is 0 Å². The van der Waals surface area contributed by atoms with Crippen molar-refractivity contribution < 1.29 is 5.11 Å². The van der Waals surface area contributed by atoms with Crippen molar-refractivity contribution in [1.82, 2.24) is 0 Å². The van der Waals surface area contributed by atoms with Crippen molar-refractivity contribution in [3.63, 3.8) is 0 Å². The fourth-order valence-electron chi connectivity index (χ4n) is 1.76. The van der Waals surface area contributed by atoms with Gasteiger partial charge >= 0.3 is 0 Å². The van der Waals surface area contributed by atoms with Gasteiger partial charge in [0.1, 0.15) is 0 Å². The zero-order valence-corrected chi connectivity index (χ0v) is 9.67. The summed E-state index contributed by atoms with van der Waals surface area (Å²) in [7, 11) is 0. The third kappa shape index (κ3) is 3.22. The van der Waals surface area contributed by atoms with Crippen LogP contribution in [0.3, 0.4) is 0 Å². The van der Waals surface area contributed by atoms with Crippen LogP contribution < -0.4 is 11.1 Å². The SMILES string of the molecule is Cc1cc(C)c(NCC(O)CN)c(C)c1. The van der Waals surface area contributed by atoms with Crippen LogP contribution in [0.2, 0.25) is 0 Å². The highest BCUT2D eigenvalue weighted by Crippen LogP contribution is 2.21. The summed E-state index contributed by atoms with van der Waals surface area (Å²) >= 11 is 0. The lowest BCUT2D eigenvalue weighted by molar-refractivity contribution is 0.196. The lowest BCUT2D eigenvalue weighted by atomic mass is 10.1. The molecule has 84 valence electrons. The van der Waals surface area contributed by atoms with E-state index in [1.165, 1.54) is 16.7 Å². The average Bonchev–Trinajstić information content (AvgIpc) is 2.15. The molecule has 1 atom stereocenters. The minimum Gasteiger partial charge on any atom is -0.390 e. The molecule has 0 fully saturated rings. The molecule has 1 unspecified atom stereocenters. The zero-order valence-electron chi connectivity index (χ0n) is 9.67. The summed E-state index contributed by atoms with van der Waals surface area (Å²) < 4.78 is 0. The Kier molecular flexibility index (Phi) is 4.12. The number of aliphatic hydroxyl groups is 1. The molecular weight excluding hydrogens is 188 g/mol. The van der Waals surface area contributed by atoms with E-state index in [-0.39, 0.29) is 6.54 Å². The Morgan fingerprint density at radius 1 is 1.27 bits per heavy atom. The van der Waals surface area contributed by atoms with Gasteiger partial charge in [0.05, 0.1) is 6.10 Å². The maximum atomic E-state index is 9.37. The topological polar surface area (TPSA) is 58.3 Å². The van der Waals surface area contributed by atoms with E-state index in [2.05, 4.69) is 38.2 Å². The molecule has 0 aliphatic heterocycles. The second-order valence-electron chi connectivity index (χ2n) is 4.04. The van der Waals surface area contributed by atoms with Gasteiger partial charge in [0.15, 0.2) is 0 Å². The summed E-state index contributed by atoms with van der Waals surface area (Å²) in [5, 5.41) is 12.6. The first kappa shape index (κ1) is 12.0. The number of rotatable bonds is 4. The number of hydrogen-bond acceptors (Lipinski definition) is 3. The predicted molar refractivity (Wildman–Crippen MR) is 64.2 cm³/mol. The number of nitrogens with one attached hydrogen (secondary N) is 1. The highest BCUT2D eigenvalue weighted by Gasteiger charge is 2.05. The van der Waals surface area contributed by atoms with Crippen LogP contribution in [-0.4, -0.2) is 24.3 Å². The van der Waals surface area contributed by atoms with Gasteiger partial charge in [0.25, 0.3) is 0 Å². The Balaban J connectivity index is 2.77. The van der Waals surface area contributed by atoms with E-state index in [0.717, 1.165) is 5.69 Å². The van der Waals surface area contributed by atoms with Crippen molar-refractivity contribution in [3.05, 3.63) is 28.8 Å². The van der Waals surface area contributed by atoms with E-state index >= 15 is 0 Å². The Labute approximate surface area is 91.3 Å². The first-order chi connectivity index (χ1) is 7.04. The third-order valence-corrected chi connectivity index (χ3v) is 2.46. The van der Waals surface area contributed by atoms with Crippen molar-refractivity contribution in [3.8, 4) is 0 Å². The molecule has 0 saturated carbocycles.